The van der Waals surface area contributed by atoms with Crippen LogP contribution in [0.2, 0.25) is 5.02 Å². The zero-order chi connectivity index (χ0) is 21.2. The molecule has 1 aromatic heterocycles. The van der Waals surface area contributed by atoms with Gasteiger partial charge in [-0.2, -0.15) is 13.2 Å². The summed E-state index contributed by atoms with van der Waals surface area (Å²) in [6.45, 7) is 1.58. The third kappa shape index (κ3) is 4.62. The minimum Gasteiger partial charge on any atom is -0.497 e. The first-order chi connectivity index (χ1) is 13.7. The second-order valence-corrected chi connectivity index (χ2v) is 6.38. The molecular weight excluding hydrogens is 411 g/mol. The molecule has 0 saturated carbocycles. The Morgan fingerprint density at radius 3 is 2.55 bits per heavy atom. The van der Waals surface area contributed by atoms with Crippen molar-refractivity contribution in [1.82, 2.24) is 5.16 Å². The van der Waals surface area contributed by atoms with Gasteiger partial charge in [0.25, 0.3) is 0 Å². The lowest BCUT2D eigenvalue weighted by atomic mass is 10.1. The molecule has 1 heterocycles. The Morgan fingerprint density at radius 1 is 1.17 bits per heavy atom. The van der Waals surface area contributed by atoms with Crippen molar-refractivity contribution >= 4 is 29.0 Å². The number of carbonyl (C=O) groups is 1. The first-order valence-corrected chi connectivity index (χ1v) is 8.62. The number of aromatic nitrogens is 1. The van der Waals surface area contributed by atoms with Crippen LogP contribution < -0.4 is 15.4 Å². The summed E-state index contributed by atoms with van der Waals surface area (Å²) < 4.78 is 49.1. The van der Waals surface area contributed by atoms with Gasteiger partial charge in [-0.05, 0) is 25.1 Å². The third-order valence-electron chi connectivity index (χ3n) is 3.96. The molecule has 0 bridgehead atoms. The Kier molecular flexibility index (Phi) is 5.69. The van der Waals surface area contributed by atoms with E-state index in [0.717, 1.165) is 12.1 Å². The van der Waals surface area contributed by atoms with E-state index in [4.69, 9.17) is 20.9 Å². The van der Waals surface area contributed by atoms with E-state index in [1.165, 1.54) is 13.2 Å². The first-order valence-electron chi connectivity index (χ1n) is 8.24. The van der Waals surface area contributed by atoms with Gasteiger partial charge >= 0.3 is 12.2 Å². The lowest BCUT2D eigenvalue weighted by molar-refractivity contribution is -0.137. The molecule has 0 aliphatic heterocycles. The van der Waals surface area contributed by atoms with Crippen molar-refractivity contribution in [3.05, 3.63) is 58.8 Å². The largest absolute Gasteiger partial charge is 0.497 e. The molecule has 0 radical (unpaired) electrons. The van der Waals surface area contributed by atoms with Gasteiger partial charge in [-0.1, -0.05) is 35.0 Å². The highest BCUT2D eigenvalue weighted by molar-refractivity contribution is 6.33. The lowest BCUT2D eigenvalue weighted by Crippen LogP contribution is -2.20. The lowest BCUT2D eigenvalue weighted by Gasteiger charge is -2.13. The highest BCUT2D eigenvalue weighted by Crippen LogP contribution is 2.36. The summed E-state index contributed by atoms with van der Waals surface area (Å²) >= 11 is 6.17. The van der Waals surface area contributed by atoms with Crippen LogP contribution in [0.25, 0.3) is 11.3 Å². The van der Waals surface area contributed by atoms with Crippen molar-refractivity contribution in [1.29, 1.82) is 0 Å². The van der Waals surface area contributed by atoms with E-state index >= 15 is 0 Å². The molecule has 0 spiro atoms. The normalized spacial score (nSPS) is 11.2. The molecule has 0 aliphatic carbocycles. The van der Waals surface area contributed by atoms with Crippen molar-refractivity contribution < 1.29 is 27.2 Å². The minimum absolute atomic E-state index is 0.0481. The van der Waals surface area contributed by atoms with Crippen LogP contribution in [0.3, 0.4) is 0 Å². The first kappa shape index (κ1) is 20.5. The number of methoxy groups -OCH3 is 1. The zero-order valence-electron chi connectivity index (χ0n) is 15.2. The number of alkyl halides is 3. The number of carbonyl (C=O) groups excluding carboxylic acids is 1. The number of hydrogen-bond donors (Lipinski definition) is 2. The Morgan fingerprint density at radius 2 is 1.90 bits per heavy atom. The maximum absolute atomic E-state index is 13.0. The van der Waals surface area contributed by atoms with Crippen molar-refractivity contribution in [3.63, 3.8) is 0 Å². The van der Waals surface area contributed by atoms with Gasteiger partial charge in [0, 0.05) is 17.3 Å². The zero-order valence-corrected chi connectivity index (χ0v) is 16.0. The fourth-order valence-corrected chi connectivity index (χ4v) is 2.81. The maximum Gasteiger partial charge on any atom is 0.416 e. The van der Waals surface area contributed by atoms with Gasteiger partial charge in [-0.3, -0.25) is 0 Å². The second-order valence-electron chi connectivity index (χ2n) is 5.97. The number of aryl methyl sites for hydroxylation is 1. The van der Waals surface area contributed by atoms with Crippen LogP contribution in [0.5, 0.6) is 5.75 Å². The molecule has 0 saturated heterocycles. The number of amides is 2. The van der Waals surface area contributed by atoms with Crippen LogP contribution in [0, 0.1) is 6.92 Å². The van der Waals surface area contributed by atoms with Gasteiger partial charge in [0.2, 0.25) is 0 Å². The standard InChI is InChI=1S/C19H15ClF3N3O3/c1-10-16(17(26-29-10)14-5-3-4-6-15(14)20)25-18(27)24-12-7-11(19(21,22)23)8-13(9-12)28-2/h3-9H,1-2H3,(H2,24,25,27). The maximum atomic E-state index is 13.0. The summed E-state index contributed by atoms with van der Waals surface area (Å²) in [4.78, 5) is 12.4. The van der Waals surface area contributed by atoms with Gasteiger partial charge in [-0.15, -0.1) is 0 Å². The monoisotopic (exact) mass is 425 g/mol. The smallest absolute Gasteiger partial charge is 0.416 e. The molecule has 0 aliphatic rings. The summed E-state index contributed by atoms with van der Waals surface area (Å²) in [5.74, 6) is 0.254. The molecule has 0 unspecified atom stereocenters. The summed E-state index contributed by atoms with van der Waals surface area (Å²) in [5.41, 5.74) is 0.0223. The quantitative estimate of drug-likeness (QED) is 0.539. The predicted molar refractivity (Wildman–Crippen MR) is 102 cm³/mol. The number of benzene rings is 2. The third-order valence-corrected chi connectivity index (χ3v) is 4.29. The van der Waals surface area contributed by atoms with E-state index in [0.29, 0.717) is 22.0 Å². The number of nitrogens with one attached hydrogen (secondary N) is 2. The molecule has 29 heavy (non-hydrogen) atoms. The van der Waals surface area contributed by atoms with Crippen molar-refractivity contribution in [2.24, 2.45) is 0 Å². The molecule has 0 fully saturated rings. The van der Waals surface area contributed by atoms with Crippen LogP contribution in [0.1, 0.15) is 11.3 Å². The summed E-state index contributed by atoms with van der Waals surface area (Å²) in [6.07, 6.45) is -4.59. The highest BCUT2D eigenvalue weighted by Gasteiger charge is 2.31. The van der Waals surface area contributed by atoms with E-state index in [1.54, 1.807) is 31.2 Å². The molecule has 10 heteroatoms. The van der Waals surface area contributed by atoms with Crippen molar-refractivity contribution in [3.8, 4) is 17.0 Å². The number of urea groups is 1. The fourth-order valence-electron chi connectivity index (χ4n) is 2.59. The number of hydrogen-bond acceptors (Lipinski definition) is 4. The molecular formula is C19H15ClF3N3O3. The Balaban J connectivity index is 1.86. The highest BCUT2D eigenvalue weighted by atomic mass is 35.5. The molecule has 6 nitrogen and oxygen atoms in total. The molecule has 3 aromatic rings. The SMILES string of the molecule is COc1cc(NC(=O)Nc2c(-c3ccccc3Cl)noc2C)cc(C(F)(F)F)c1. The van der Waals surface area contributed by atoms with Crippen LogP contribution in [0.15, 0.2) is 47.0 Å². The Bertz CT molecular complexity index is 1050. The average molecular weight is 426 g/mol. The molecule has 2 amide bonds. The number of rotatable bonds is 4. The summed E-state index contributed by atoms with van der Waals surface area (Å²) in [5, 5.41) is 9.20. The van der Waals surface area contributed by atoms with Gasteiger partial charge in [-0.25, -0.2) is 4.79 Å². The van der Waals surface area contributed by atoms with Crippen LogP contribution in [-0.2, 0) is 6.18 Å². The van der Waals surface area contributed by atoms with Gasteiger partial charge in [0.05, 0.1) is 17.7 Å². The number of ether oxygens (including phenoxy) is 1. The van der Waals surface area contributed by atoms with E-state index in [2.05, 4.69) is 15.8 Å². The Labute approximate surface area is 168 Å². The van der Waals surface area contributed by atoms with Crippen molar-refractivity contribution in [2.75, 3.05) is 17.7 Å². The molecule has 152 valence electrons. The van der Waals surface area contributed by atoms with Crippen molar-refractivity contribution in [2.45, 2.75) is 13.1 Å². The van der Waals surface area contributed by atoms with Crippen LogP contribution in [-0.4, -0.2) is 18.3 Å². The Hall–Kier alpha value is -3.20. The fraction of sp³-hybridized carbons (Fsp3) is 0.158. The number of anilines is 2. The van der Waals surface area contributed by atoms with E-state index < -0.39 is 17.8 Å². The second kappa shape index (κ2) is 8.04. The van der Waals surface area contributed by atoms with E-state index in [9.17, 15) is 18.0 Å². The van der Waals surface area contributed by atoms with Crippen LogP contribution in [0.4, 0.5) is 29.3 Å². The minimum atomic E-state index is -4.59. The molecule has 3 rings (SSSR count). The molecule has 2 N–H and O–H groups in total. The van der Waals surface area contributed by atoms with Gasteiger partial charge in [0.1, 0.15) is 17.1 Å². The van der Waals surface area contributed by atoms with E-state index in [1.807, 2.05) is 0 Å². The summed E-state index contributed by atoms with van der Waals surface area (Å²) in [6, 6.07) is 8.94. The van der Waals surface area contributed by atoms with Gasteiger partial charge < -0.3 is 19.9 Å². The average Bonchev–Trinajstić information content (AvgIpc) is 3.01. The summed E-state index contributed by atoms with van der Waals surface area (Å²) in [7, 11) is 1.23. The number of nitrogens with zero attached hydrogens (tertiary/aromatic N) is 1. The molecule has 2 aromatic carbocycles. The topological polar surface area (TPSA) is 76.4 Å². The van der Waals surface area contributed by atoms with Crippen LogP contribution >= 0.6 is 11.6 Å². The predicted octanol–water partition coefficient (Wildman–Crippen LogP) is 5.97. The number of halogens is 4. The molecule has 0 atom stereocenters. The van der Waals surface area contributed by atoms with E-state index in [-0.39, 0.29) is 17.1 Å². The van der Waals surface area contributed by atoms with Gasteiger partial charge in [0.15, 0.2) is 5.76 Å².